The van der Waals surface area contributed by atoms with E-state index >= 15 is 0 Å². The van der Waals surface area contributed by atoms with E-state index in [0.717, 1.165) is 16.9 Å². The smallest absolute Gasteiger partial charge is 0.238 e. The molecular formula is C13H12N4O. The third-order valence-electron chi connectivity index (χ3n) is 2.53. The first-order valence-corrected chi connectivity index (χ1v) is 5.46. The second-order valence-corrected chi connectivity index (χ2v) is 3.85. The lowest BCUT2D eigenvalue weighted by molar-refractivity contribution is -0.115. The van der Waals surface area contributed by atoms with Crippen LogP contribution in [0.4, 0.5) is 5.69 Å². The van der Waals surface area contributed by atoms with Crippen LogP contribution in [-0.4, -0.2) is 15.5 Å². The van der Waals surface area contributed by atoms with Gasteiger partial charge in [0.1, 0.15) is 6.42 Å². The first kappa shape index (κ1) is 11.9. The number of nitrogens with zero attached hydrogens (tertiary/aromatic N) is 3. The van der Waals surface area contributed by atoms with E-state index in [-0.39, 0.29) is 12.3 Å². The Morgan fingerprint density at radius 3 is 3.00 bits per heavy atom. The van der Waals surface area contributed by atoms with Gasteiger partial charge in [0, 0.05) is 23.8 Å². The normalized spacial score (nSPS) is 9.78. The molecule has 0 radical (unpaired) electrons. The van der Waals surface area contributed by atoms with E-state index in [1.54, 1.807) is 12.5 Å². The number of carbonyl (C=O) groups excluding carboxylic acids is 1. The summed E-state index contributed by atoms with van der Waals surface area (Å²) in [4.78, 5) is 15.3. The number of anilines is 1. The van der Waals surface area contributed by atoms with E-state index in [9.17, 15) is 4.79 Å². The van der Waals surface area contributed by atoms with Crippen molar-refractivity contribution in [3.63, 3.8) is 0 Å². The van der Waals surface area contributed by atoms with Crippen LogP contribution in [0, 0.1) is 18.3 Å². The minimum atomic E-state index is -0.295. The molecule has 0 atom stereocenters. The number of aromatic nitrogens is 2. The summed E-state index contributed by atoms with van der Waals surface area (Å²) in [5, 5.41) is 11.1. The van der Waals surface area contributed by atoms with Crippen LogP contribution in [0.5, 0.6) is 0 Å². The van der Waals surface area contributed by atoms with E-state index in [4.69, 9.17) is 5.26 Å². The fourth-order valence-electron chi connectivity index (χ4n) is 1.63. The quantitative estimate of drug-likeness (QED) is 0.892. The number of benzene rings is 1. The molecule has 0 saturated carbocycles. The van der Waals surface area contributed by atoms with Gasteiger partial charge in [0.05, 0.1) is 12.4 Å². The molecule has 5 nitrogen and oxygen atoms in total. The van der Waals surface area contributed by atoms with E-state index in [2.05, 4.69) is 10.3 Å². The molecule has 1 heterocycles. The van der Waals surface area contributed by atoms with Crippen molar-refractivity contribution in [3.8, 4) is 11.8 Å². The zero-order valence-electron chi connectivity index (χ0n) is 9.92. The molecule has 0 spiro atoms. The average Bonchev–Trinajstić information content (AvgIpc) is 2.85. The third-order valence-corrected chi connectivity index (χ3v) is 2.53. The largest absolute Gasteiger partial charge is 0.325 e. The highest BCUT2D eigenvalue weighted by atomic mass is 16.1. The van der Waals surface area contributed by atoms with E-state index in [0.29, 0.717) is 0 Å². The first-order chi connectivity index (χ1) is 8.70. The topological polar surface area (TPSA) is 70.7 Å². The molecule has 1 amide bonds. The highest BCUT2D eigenvalue weighted by molar-refractivity contribution is 5.92. The Hall–Kier alpha value is -2.61. The molecule has 1 aromatic carbocycles. The number of rotatable bonds is 3. The Labute approximate surface area is 105 Å². The minimum Gasteiger partial charge on any atom is -0.325 e. The molecule has 2 rings (SSSR count). The van der Waals surface area contributed by atoms with Crippen molar-refractivity contribution in [3.05, 3.63) is 42.5 Å². The Balaban J connectivity index is 2.21. The predicted molar refractivity (Wildman–Crippen MR) is 67.2 cm³/mol. The lowest BCUT2D eigenvalue weighted by Crippen LogP contribution is -2.11. The van der Waals surface area contributed by atoms with Crippen molar-refractivity contribution in [1.29, 1.82) is 5.26 Å². The number of aryl methyl sites for hydroxylation is 1. The van der Waals surface area contributed by atoms with Gasteiger partial charge in [0.15, 0.2) is 0 Å². The molecule has 0 saturated heterocycles. The molecule has 0 aliphatic heterocycles. The fraction of sp³-hybridized carbons (Fsp3) is 0.154. The van der Waals surface area contributed by atoms with E-state index < -0.39 is 0 Å². The number of amides is 1. The first-order valence-electron chi connectivity index (χ1n) is 5.46. The monoisotopic (exact) mass is 240 g/mol. The summed E-state index contributed by atoms with van der Waals surface area (Å²) in [6.07, 6.45) is 5.13. The summed E-state index contributed by atoms with van der Waals surface area (Å²) in [7, 11) is 0. The summed E-state index contributed by atoms with van der Waals surface area (Å²) in [5.74, 6) is -0.295. The van der Waals surface area contributed by atoms with Crippen LogP contribution in [0.2, 0.25) is 0 Å². The summed E-state index contributed by atoms with van der Waals surface area (Å²) in [6, 6.07) is 7.47. The van der Waals surface area contributed by atoms with Crippen LogP contribution in [0.3, 0.4) is 0 Å². The Kier molecular flexibility index (Phi) is 3.39. The molecule has 0 aliphatic carbocycles. The molecule has 0 fully saturated rings. The van der Waals surface area contributed by atoms with Crippen molar-refractivity contribution in [1.82, 2.24) is 9.55 Å². The molecule has 2 aromatic rings. The van der Waals surface area contributed by atoms with Gasteiger partial charge in [-0.1, -0.05) is 0 Å². The van der Waals surface area contributed by atoms with Crippen LogP contribution in [-0.2, 0) is 4.79 Å². The molecule has 90 valence electrons. The second kappa shape index (κ2) is 5.15. The van der Waals surface area contributed by atoms with Crippen LogP contribution >= 0.6 is 0 Å². The van der Waals surface area contributed by atoms with Gasteiger partial charge < -0.3 is 9.88 Å². The second-order valence-electron chi connectivity index (χ2n) is 3.85. The highest BCUT2D eigenvalue weighted by Gasteiger charge is 2.05. The SMILES string of the molecule is Cc1cc(-n2ccnc2)ccc1NC(=O)CC#N. The van der Waals surface area contributed by atoms with Gasteiger partial charge in [-0.25, -0.2) is 4.98 Å². The number of carbonyl (C=O) groups is 1. The van der Waals surface area contributed by atoms with E-state index in [1.165, 1.54) is 0 Å². The van der Waals surface area contributed by atoms with Crippen molar-refractivity contribution >= 4 is 11.6 Å². The fourth-order valence-corrected chi connectivity index (χ4v) is 1.63. The lowest BCUT2D eigenvalue weighted by atomic mass is 10.1. The maximum absolute atomic E-state index is 11.3. The van der Waals surface area contributed by atoms with Gasteiger partial charge in [0.2, 0.25) is 5.91 Å². The van der Waals surface area contributed by atoms with Gasteiger partial charge >= 0.3 is 0 Å². The molecule has 1 aromatic heterocycles. The van der Waals surface area contributed by atoms with Crippen LogP contribution in [0.25, 0.3) is 5.69 Å². The van der Waals surface area contributed by atoms with Crippen LogP contribution < -0.4 is 5.32 Å². The van der Waals surface area contributed by atoms with Crippen molar-refractivity contribution in [2.75, 3.05) is 5.32 Å². The number of hydrogen-bond donors (Lipinski definition) is 1. The molecule has 1 N–H and O–H groups in total. The number of nitriles is 1. The number of imidazole rings is 1. The molecule has 0 aliphatic rings. The van der Waals surface area contributed by atoms with Gasteiger partial charge in [-0.15, -0.1) is 0 Å². The van der Waals surface area contributed by atoms with Crippen molar-refractivity contribution in [2.24, 2.45) is 0 Å². The number of hydrogen-bond acceptors (Lipinski definition) is 3. The zero-order chi connectivity index (χ0) is 13.0. The zero-order valence-corrected chi connectivity index (χ0v) is 9.92. The molecule has 18 heavy (non-hydrogen) atoms. The predicted octanol–water partition coefficient (Wildman–Crippen LogP) is 2.03. The number of nitrogens with one attached hydrogen (secondary N) is 1. The summed E-state index contributed by atoms with van der Waals surface area (Å²) in [5.41, 5.74) is 2.63. The van der Waals surface area contributed by atoms with Crippen LogP contribution in [0.1, 0.15) is 12.0 Å². The van der Waals surface area contributed by atoms with Crippen molar-refractivity contribution < 1.29 is 4.79 Å². The maximum Gasteiger partial charge on any atom is 0.238 e. The highest BCUT2D eigenvalue weighted by Crippen LogP contribution is 2.19. The summed E-state index contributed by atoms with van der Waals surface area (Å²) in [6.45, 7) is 1.91. The average molecular weight is 240 g/mol. The van der Waals surface area contributed by atoms with Crippen LogP contribution in [0.15, 0.2) is 36.9 Å². The minimum absolute atomic E-state index is 0.136. The molecule has 0 unspecified atom stereocenters. The Bertz CT molecular complexity index is 596. The Morgan fingerprint density at radius 2 is 2.39 bits per heavy atom. The summed E-state index contributed by atoms with van der Waals surface area (Å²) >= 11 is 0. The van der Waals surface area contributed by atoms with E-state index in [1.807, 2.05) is 42.0 Å². The third kappa shape index (κ3) is 2.55. The molecule has 0 bridgehead atoms. The van der Waals surface area contributed by atoms with Crippen molar-refractivity contribution in [2.45, 2.75) is 13.3 Å². The van der Waals surface area contributed by atoms with Gasteiger partial charge in [-0.3, -0.25) is 4.79 Å². The molecular weight excluding hydrogens is 228 g/mol. The van der Waals surface area contributed by atoms with Gasteiger partial charge in [-0.05, 0) is 30.7 Å². The maximum atomic E-state index is 11.3. The van der Waals surface area contributed by atoms with Gasteiger partial charge in [0.25, 0.3) is 0 Å². The standard InChI is InChI=1S/C13H12N4O/c1-10-8-11(17-7-6-15-9-17)2-3-12(10)16-13(18)4-5-14/h2-3,6-9H,4H2,1H3,(H,16,18). The lowest BCUT2D eigenvalue weighted by Gasteiger charge is -2.09. The van der Waals surface area contributed by atoms with Gasteiger partial charge in [-0.2, -0.15) is 5.26 Å². The molecule has 5 heteroatoms. The Morgan fingerprint density at radius 1 is 1.56 bits per heavy atom. The summed E-state index contributed by atoms with van der Waals surface area (Å²) < 4.78 is 1.88.